The average Bonchev–Trinajstić information content (AvgIpc) is 2.10. The molecule has 0 radical (unpaired) electrons. The molecule has 1 N–H and O–H groups in total. The number of nitrogens with one attached hydrogen (secondary N) is 1. The molecule has 0 fully saturated rings. The van der Waals surface area contributed by atoms with Gasteiger partial charge in [-0.1, -0.05) is 15.9 Å². The summed E-state index contributed by atoms with van der Waals surface area (Å²) in [7, 11) is -3.41. The monoisotopic (exact) mass is 281 g/mol. The Labute approximate surface area is 90.5 Å². The van der Waals surface area contributed by atoms with Crippen molar-refractivity contribution in [1.29, 1.82) is 0 Å². The van der Waals surface area contributed by atoms with E-state index < -0.39 is 15.8 Å². The van der Waals surface area contributed by atoms with Gasteiger partial charge in [0, 0.05) is 4.47 Å². The van der Waals surface area contributed by atoms with Crippen molar-refractivity contribution in [3.63, 3.8) is 0 Å². The van der Waals surface area contributed by atoms with E-state index in [1.54, 1.807) is 6.07 Å². The quantitative estimate of drug-likeness (QED) is 0.925. The highest BCUT2D eigenvalue weighted by atomic mass is 79.9. The first kappa shape index (κ1) is 11.5. The van der Waals surface area contributed by atoms with Gasteiger partial charge in [-0.25, -0.2) is 12.8 Å². The van der Waals surface area contributed by atoms with Gasteiger partial charge in [-0.05, 0) is 25.1 Å². The molecule has 0 unspecified atom stereocenters. The molecule has 0 aromatic heterocycles. The standard InChI is InChI=1S/C8H9BrFNO2S/c1-2-14(12,13)11-8-4-3-6(9)5-7(8)10/h3-5,11H,2H2,1H3. The predicted molar refractivity (Wildman–Crippen MR) is 57.2 cm³/mol. The fourth-order valence-electron chi connectivity index (χ4n) is 0.812. The molecule has 0 saturated heterocycles. The zero-order valence-corrected chi connectivity index (χ0v) is 9.82. The van der Waals surface area contributed by atoms with Crippen LogP contribution in [0.1, 0.15) is 6.92 Å². The number of sulfonamides is 1. The van der Waals surface area contributed by atoms with Gasteiger partial charge in [0.15, 0.2) is 0 Å². The summed E-state index contributed by atoms with van der Waals surface area (Å²) in [4.78, 5) is 0. The lowest BCUT2D eigenvalue weighted by Crippen LogP contribution is -2.15. The van der Waals surface area contributed by atoms with Gasteiger partial charge in [-0.15, -0.1) is 0 Å². The highest BCUT2D eigenvalue weighted by molar-refractivity contribution is 9.10. The number of rotatable bonds is 3. The molecule has 0 bridgehead atoms. The minimum absolute atomic E-state index is 0.0324. The molecule has 3 nitrogen and oxygen atoms in total. The molecule has 1 aromatic carbocycles. The normalized spacial score (nSPS) is 11.4. The second kappa shape index (κ2) is 4.27. The van der Waals surface area contributed by atoms with Crippen molar-refractivity contribution >= 4 is 31.6 Å². The van der Waals surface area contributed by atoms with Gasteiger partial charge in [0.1, 0.15) is 5.82 Å². The molecule has 0 aliphatic carbocycles. The van der Waals surface area contributed by atoms with Gasteiger partial charge < -0.3 is 0 Å². The predicted octanol–water partition coefficient (Wildman–Crippen LogP) is 2.35. The molecular weight excluding hydrogens is 273 g/mol. The van der Waals surface area contributed by atoms with Crippen LogP contribution in [0.4, 0.5) is 10.1 Å². The Morgan fingerprint density at radius 1 is 1.50 bits per heavy atom. The van der Waals surface area contributed by atoms with E-state index in [-0.39, 0.29) is 11.4 Å². The summed E-state index contributed by atoms with van der Waals surface area (Å²) in [6, 6.07) is 4.14. The van der Waals surface area contributed by atoms with Crippen LogP contribution in [0.15, 0.2) is 22.7 Å². The van der Waals surface area contributed by atoms with E-state index in [0.29, 0.717) is 4.47 Å². The topological polar surface area (TPSA) is 46.2 Å². The molecule has 1 rings (SSSR count). The summed E-state index contributed by atoms with van der Waals surface area (Å²) in [6.45, 7) is 1.49. The molecule has 0 aliphatic rings. The van der Waals surface area contributed by atoms with E-state index in [9.17, 15) is 12.8 Å². The first-order chi connectivity index (χ1) is 6.44. The van der Waals surface area contributed by atoms with E-state index in [1.165, 1.54) is 19.1 Å². The largest absolute Gasteiger partial charge is 0.281 e. The summed E-state index contributed by atoms with van der Waals surface area (Å²) in [6.07, 6.45) is 0. The average molecular weight is 282 g/mol. The minimum Gasteiger partial charge on any atom is -0.281 e. The van der Waals surface area contributed by atoms with Crippen molar-refractivity contribution in [2.24, 2.45) is 0 Å². The van der Waals surface area contributed by atoms with E-state index in [4.69, 9.17) is 0 Å². The smallest absolute Gasteiger partial charge is 0.232 e. The third kappa shape index (κ3) is 2.95. The molecule has 0 spiro atoms. The lowest BCUT2D eigenvalue weighted by molar-refractivity contribution is 0.599. The van der Waals surface area contributed by atoms with Crippen LogP contribution in [0, 0.1) is 5.82 Å². The lowest BCUT2D eigenvalue weighted by atomic mass is 10.3. The second-order valence-corrected chi connectivity index (χ2v) is 5.56. The van der Waals surface area contributed by atoms with E-state index in [1.807, 2.05) is 0 Å². The third-order valence-corrected chi connectivity index (χ3v) is 3.36. The lowest BCUT2D eigenvalue weighted by Gasteiger charge is -2.06. The highest BCUT2D eigenvalue weighted by Gasteiger charge is 2.10. The number of hydrogen-bond acceptors (Lipinski definition) is 2. The first-order valence-corrected chi connectivity index (χ1v) is 6.34. The molecule has 6 heteroatoms. The van der Waals surface area contributed by atoms with Crippen LogP contribution >= 0.6 is 15.9 Å². The van der Waals surface area contributed by atoms with Crippen molar-refractivity contribution in [2.45, 2.75) is 6.92 Å². The van der Waals surface area contributed by atoms with E-state index in [0.717, 1.165) is 0 Å². The zero-order chi connectivity index (χ0) is 10.8. The van der Waals surface area contributed by atoms with Crippen LogP contribution in [-0.4, -0.2) is 14.2 Å². The SMILES string of the molecule is CCS(=O)(=O)Nc1ccc(Br)cc1F. The molecule has 0 aliphatic heterocycles. The van der Waals surface area contributed by atoms with Crippen LogP contribution in [0.3, 0.4) is 0 Å². The Kier molecular flexibility index (Phi) is 3.49. The zero-order valence-electron chi connectivity index (χ0n) is 7.42. The first-order valence-electron chi connectivity index (χ1n) is 3.90. The van der Waals surface area contributed by atoms with E-state index in [2.05, 4.69) is 20.7 Å². The molecule has 14 heavy (non-hydrogen) atoms. The van der Waals surface area contributed by atoms with E-state index >= 15 is 0 Å². The van der Waals surface area contributed by atoms with Crippen molar-refractivity contribution in [1.82, 2.24) is 0 Å². The molecule has 1 aromatic rings. The summed E-state index contributed by atoms with van der Waals surface area (Å²) in [5, 5.41) is 0. The summed E-state index contributed by atoms with van der Waals surface area (Å²) in [5.74, 6) is -0.681. The van der Waals surface area contributed by atoms with Crippen LogP contribution in [0.5, 0.6) is 0 Å². The fraction of sp³-hybridized carbons (Fsp3) is 0.250. The minimum atomic E-state index is -3.41. The molecule has 0 amide bonds. The maximum Gasteiger partial charge on any atom is 0.232 e. The number of anilines is 1. The fourth-order valence-corrected chi connectivity index (χ4v) is 1.79. The number of halogens is 2. The Bertz CT molecular complexity index is 433. The van der Waals surface area contributed by atoms with Gasteiger partial charge in [-0.2, -0.15) is 0 Å². The molecule has 0 saturated carbocycles. The summed E-state index contributed by atoms with van der Waals surface area (Å²) < 4.78 is 38.1. The second-order valence-electron chi connectivity index (χ2n) is 2.63. The van der Waals surface area contributed by atoms with Crippen molar-refractivity contribution in [2.75, 3.05) is 10.5 Å². The van der Waals surface area contributed by atoms with Crippen molar-refractivity contribution in [3.05, 3.63) is 28.5 Å². The molecule has 0 heterocycles. The molecule has 78 valence electrons. The Balaban J connectivity index is 2.99. The maximum atomic E-state index is 13.2. The highest BCUT2D eigenvalue weighted by Crippen LogP contribution is 2.20. The summed E-state index contributed by atoms with van der Waals surface area (Å²) >= 11 is 3.08. The Morgan fingerprint density at radius 2 is 2.14 bits per heavy atom. The number of hydrogen-bond donors (Lipinski definition) is 1. The maximum absolute atomic E-state index is 13.2. The summed E-state index contributed by atoms with van der Waals surface area (Å²) in [5.41, 5.74) is -0.0324. The Hall–Kier alpha value is -0.620. The van der Waals surface area contributed by atoms with Gasteiger partial charge in [-0.3, -0.25) is 4.72 Å². The molecular formula is C8H9BrFNO2S. The third-order valence-electron chi connectivity index (χ3n) is 1.58. The van der Waals surface area contributed by atoms with Crippen molar-refractivity contribution in [3.8, 4) is 0 Å². The van der Waals surface area contributed by atoms with Gasteiger partial charge in [0.2, 0.25) is 10.0 Å². The molecule has 0 atom stereocenters. The van der Waals surface area contributed by atoms with Crippen LogP contribution in [0.25, 0.3) is 0 Å². The van der Waals surface area contributed by atoms with Crippen LogP contribution in [-0.2, 0) is 10.0 Å². The Morgan fingerprint density at radius 3 is 2.64 bits per heavy atom. The van der Waals surface area contributed by atoms with Crippen LogP contribution < -0.4 is 4.72 Å². The van der Waals surface area contributed by atoms with Crippen LogP contribution in [0.2, 0.25) is 0 Å². The van der Waals surface area contributed by atoms with Gasteiger partial charge in [0.05, 0.1) is 11.4 Å². The van der Waals surface area contributed by atoms with Gasteiger partial charge >= 0.3 is 0 Å². The van der Waals surface area contributed by atoms with Crippen molar-refractivity contribution < 1.29 is 12.8 Å². The number of benzene rings is 1. The van der Waals surface area contributed by atoms with Gasteiger partial charge in [0.25, 0.3) is 0 Å².